The number of amides is 1. The largest absolute Gasteiger partial charge is 0.495 e. The van der Waals surface area contributed by atoms with Crippen molar-refractivity contribution in [2.45, 2.75) is 49.1 Å². The van der Waals surface area contributed by atoms with E-state index in [-0.39, 0.29) is 28.2 Å². The molecule has 2 aliphatic carbocycles. The van der Waals surface area contributed by atoms with Crippen LogP contribution < -0.4 is 20.5 Å². The van der Waals surface area contributed by atoms with Crippen molar-refractivity contribution in [2.24, 2.45) is 11.7 Å². The van der Waals surface area contributed by atoms with Crippen molar-refractivity contribution in [1.29, 1.82) is 0 Å². The highest BCUT2D eigenvalue weighted by Gasteiger charge is 2.41. The average Bonchev–Trinajstić information content (AvgIpc) is 3.46. The highest BCUT2D eigenvalue weighted by atomic mass is 32.2. The Morgan fingerprint density at radius 2 is 2.00 bits per heavy atom. The van der Waals surface area contributed by atoms with Crippen LogP contribution in [0.1, 0.15) is 43.0 Å². The second-order valence-corrected chi connectivity index (χ2v) is 8.79. The van der Waals surface area contributed by atoms with Crippen molar-refractivity contribution >= 4 is 15.9 Å². The van der Waals surface area contributed by atoms with Crippen LogP contribution in [0.15, 0.2) is 23.1 Å². The first kappa shape index (κ1) is 18.2. The van der Waals surface area contributed by atoms with Crippen LogP contribution in [0.4, 0.5) is 0 Å². The molecule has 7 nitrogen and oxygen atoms in total. The Hall–Kier alpha value is -1.64. The number of hydrogen-bond acceptors (Lipinski definition) is 5. The second-order valence-electron chi connectivity index (χ2n) is 7.11. The molecule has 1 amide bonds. The third kappa shape index (κ3) is 3.96. The fourth-order valence-corrected chi connectivity index (χ4v) is 4.38. The number of nitrogens with two attached hydrogens (primary N) is 1. The highest BCUT2D eigenvalue weighted by molar-refractivity contribution is 7.89. The van der Waals surface area contributed by atoms with E-state index in [0.717, 1.165) is 25.7 Å². The quantitative estimate of drug-likeness (QED) is 0.635. The van der Waals surface area contributed by atoms with Crippen molar-refractivity contribution in [3.05, 3.63) is 23.8 Å². The van der Waals surface area contributed by atoms with Gasteiger partial charge in [0.15, 0.2) is 0 Å². The lowest BCUT2D eigenvalue weighted by molar-refractivity contribution is 0.0897. The Bertz CT molecular complexity index is 772. The molecule has 8 heteroatoms. The highest BCUT2D eigenvalue weighted by Crippen LogP contribution is 2.39. The number of sulfonamides is 1. The van der Waals surface area contributed by atoms with Gasteiger partial charge in [-0.15, -0.1) is 0 Å². The minimum absolute atomic E-state index is 0.0181. The Balaban J connectivity index is 1.86. The van der Waals surface area contributed by atoms with Crippen LogP contribution in [0.2, 0.25) is 0 Å². The molecule has 0 aliphatic heterocycles. The van der Waals surface area contributed by atoms with Gasteiger partial charge < -0.3 is 15.8 Å². The van der Waals surface area contributed by atoms with E-state index in [0.29, 0.717) is 12.5 Å². The second kappa shape index (κ2) is 6.59. The van der Waals surface area contributed by atoms with Gasteiger partial charge in [-0.1, -0.05) is 0 Å². The summed E-state index contributed by atoms with van der Waals surface area (Å²) in [6, 6.07) is 4.41. The van der Waals surface area contributed by atoms with Gasteiger partial charge >= 0.3 is 0 Å². The minimum atomic E-state index is -3.73. The number of carbonyl (C=O) groups is 1. The minimum Gasteiger partial charge on any atom is -0.495 e. The Kier molecular flexibility index (Phi) is 4.78. The molecule has 0 bridgehead atoms. The SMILES string of the molecule is COc1ccc(C(=O)NC(C)(CN)C2CC2)cc1S(=O)(=O)NC1CC1. The number of benzene rings is 1. The molecule has 1 unspecified atom stereocenters. The predicted octanol–water partition coefficient (Wildman–Crippen LogP) is 0.993. The fraction of sp³-hybridized carbons (Fsp3) is 0.588. The summed E-state index contributed by atoms with van der Waals surface area (Å²) >= 11 is 0. The van der Waals surface area contributed by atoms with Crippen LogP contribution in [0, 0.1) is 5.92 Å². The third-order valence-electron chi connectivity index (χ3n) is 4.92. The molecule has 0 saturated heterocycles. The molecule has 25 heavy (non-hydrogen) atoms. The van der Waals surface area contributed by atoms with Crippen molar-refractivity contribution in [2.75, 3.05) is 13.7 Å². The fourth-order valence-electron chi connectivity index (χ4n) is 2.88. The Morgan fingerprint density at radius 3 is 2.52 bits per heavy atom. The molecular formula is C17H25N3O4S. The number of methoxy groups -OCH3 is 1. The molecule has 1 aromatic carbocycles. The zero-order valence-corrected chi connectivity index (χ0v) is 15.4. The van der Waals surface area contributed by atoms with E-state index in [1.165, 1.54) is 19.2 Å². The molecule has 138 valence electrons. The molecule has 2 saturated carbocycles. The maximum atomic E-state index is 12.6. The molecular weight excluding hydrogens is 342 g/mol. The number of nitrogens with one attached hydrogen (secondary N) is 2. The van der Waals surface area contributed by atoms with Gasteiger partial charge in [-0.05, 0) is 56.7 Å². The van der Waals surface area contributed by atoms with Crippen LogP contribution in [0.3, 0.4) is 0 Å². The number of hydrogen-bond donors (Lipinski definition) is 3. The topological polar surface area (TPSA) is 111 Å². The summed E-state index contributed by atoms with van der Waals surface area (Å²) in [6.45, 7) is 2.27. The van der Waals surface area contributed by atoms with E-state index in [1.54, 1.807) is 6.07 Å². The van der Waals surface area contributed by atoms with E-state index in [4.69, 9.17) is 10.5 Å². The van der Waals surface area contributed by atoms with Crippen molar-refractivity contribution in [3.63, 3.8) is 0 Å². The van der Waals surface area contributed by atoms with Gasteiger partial charge in [0.05, 0.1) is 12.6 Å². The monoisotopic (exact) mass is 367 g/mol. The maximum Gasteiger partial charge on any atom is 0.251 e. The van der Waals surface area contributed by atoms with Crippen molar-refractivity contribution in [1.82, 2.24) is 10.0 Å². The molecule has 4 N–H and O–H groups in total. The van der Waals surface area contributed by atoms with Crippen LogP contribution in [0.25, 0.3) is 0 Å². The van der Waals surface area contributed by atoms with E-state index >= 15 is 0 Å². The van der Waals surface area contributed by atoms with Crippen molar-refractivity contribution in [3.8, 4) is 5.75 Å². The molecule has 3 rings (SSSR count). The normalized spacial score (nSPS) is 20.0. The molecule has 2 fully saturated rings. The summed E-state index contributed by atoms with van der Waals surface area (Å²) in [5.74, 6) is 0.262. The summed E-state index contributed by atoms with van der Waals surface area (Å²) in [4.78, 5) is 12.6. The summed E-state index contributed by atoms with van der Waals surface area (Å²) in [7, 11) is -2.32. The predicted molar refractivity (Wildman–Crippen MR) is 94.0 cm³/mol. The molecule has 0 heterocycles. The smallest absolute Gasteiger partial charge is 0.251 e. The maximum absolute atomic E-state index is 12.6. The molecule has 1 atom stereocenters. The lowest BCUT2D eigenvalue weighted by Gasteiger charge is -2.29. The van der Waals surface area contributed by atoms with E-state index in [1.807, 2.05) is 6.92 Å². The van der Waals surface area contributed by atoms with Gasteiger partial charge in [0, 0.05) is 18.2 Å². The van der Waals surface area contributed by atoms with Gasteiger partial charge in [-0.2, -0.15) is 0 Å². The Morgan fingerprint density at radius 1 is 1.32 bits per heavy atom. The summed E-state index contributed by atoms with van der Waals surface area (Å²) in [6.07, 6.45) is 3.75. The molecule has 2 aliphatic rings. The standard InChI is InChI=1S/C17H25N3O4S/c1-17(10-18,12-4-5-12)19-16(21)11-3-8-14(24-2)15(9-11)25(22,23)20-13-6-7-13/h3,8-9,12-13,20H,4-7,10,18H2,1-2H3,(H,19,21). The van der Waals surface area contributed by atoms with Gasteiger partial charge in [-0.3, -0.25) is 4.79 Å². The van der Waals surface area contributed by atoms with Gasteiger partial charge in [0.1, 0.15) is 10.6 Å². The molecule has 0 aromatic heterocycles. The zero-order chi connectivity index (χ0) is 18.2. The van der Waals surface area contributed by atoms with E-state index in [2.05, 4.69) is 10.0 Å². The zero-order valence-electron chi connectivity index (χ0n) is 14.5. The lowest BCUT2D eigenvalue weighted by Crippen LogP contribution is -2.53. The molecule has 0 spiro atoms. The first-order valence-electron chi connectivity index (χ1n) is 8.52. The lowest BCUT2D eigenvalue weighted by atomic mass is 9.95. The van der Waals surface area contributed by atoms with Crippen molar-refractivity contribution < 1.29 is 17.9 Å². The van der Waals surface area contributed by atoms with Gasteiger partial charge in [0.2, 0.25) is 10.0 Å². The number of rotatable bonds is 8. The van der Waals surface area contributed by atoms with Gasteiger partial charge in [0.25, 0.3) is 5.91 Å². The molecule has 1 aromatic rings. The number of ether oxygens (including phenoxy) is 1. The van der Waals surface area contributed by atoms with Crippen LogP contribution in [-0.2, 0) is 10.0 Å². The molecule has 0 radical (unpaired) electrons. The van der Waals surface area contributed by atoms with E-state index < -0.39 is 15.6 Å². The third-order valence-corrected chi connectivity index (χ3v) is 6.46. The average molecular weight is 367 g/mol. The summed E-state index contributed by atoms with van der Waals surface area (Å²) in [5.41, 5.74) is 5.65. The van der Waals surface area contributed by atoms with Crippen LogP contribution in [0.5, 0.6) is 5.75 Å². The first-order chi connectivity index (χ1) is 11.8. The summed E-state index contributed by atoms with van der Waals surface area (Å²) in [5, 5.41) is 2.97. The van der Waals surface area contributed by atoms with E-state index in [9.17, 15) is 13.2 Å². The van der Waals surface area contributed by atoms with Crippen LogP contribution >= 0.6 is 0 Å². The first-order valence-corrected chi connectivity index (χ1v) is 10.0. The van der Waals surface area contributed by atoms with Crippen LogP contribution in [-0.4, -0.2) is 39.6 Å². The van der Waals surface area contributed by atoms with Gasteiger partial charge in [-0.25, -0.2) is 13.1 Å². The Labute approximate surface area is 148 Å². The summed E-state index contributed by atoms with van der Waals surface area (Å²) < 4.78 is 32.9. The number of carbonyl (C=O) groups excluding carboxylic acids is 1.